The molecule has 1 aliphatic rings. The maximum atomic E-state index is 5.82. The molecule has 3 rings (SSSR count). The standard InChI is InChI=1S/C13H14N4O/c14-12-5-6-13(17-16-12)15-8-10-7-9-3-1-2-4-11(9)18-10/h1-6,10H,7-8H2,(H2,14,16)(H,15,17). The van der Waals surface area contributed by atoms with Crippen molar-refractivity contribution in [1.82, 2.24) is 10.2 Å². The van der Waals surface area contributed by atoms with E-state index in [0.29, 0.717) is 18.2 Å². The Labute approximate surface area is 105 Å². The molecular formula is C13H14N4O. The first-order valence-corrected chi connectivity index (χ1v) is 5.89. The zero-order valence-electron chi connectivity index (χ0n) is 9.84. The summed E-state index contributed by atoms with van der Waals surface area (Å²) in [5.74, 6) is 2.11. The van der Waals surface area contributed by atoms with Gasteiger partial charge in [-0.1, -0.05) is 18.2 Å². The van der Waals surface area contributed by atoms with Crippen LogP contribution in [-0.2, 0) is 6.42 Å². The van der Waals surface area contributed by atoms with Crippen LogP contribution < -0.4 is 15.8 Å². The van der Waals surface area contributed by atoms with E-state index in [0.717, 1.165) is 12.2 Å². The lowest BCUT2D eigenvalue weighted by Crippen LogP contribution is -2.24. The van der Waals surface area contributed by atoms with E-state index in [4.69, 9.17) is 10.5 Å². The molecule has 0 amide bonds. The van der Waals surface area contributed by atoms with Gasteiger partial charge in [0.05, 0.1) is 6.54 Å². The molecule has 1 aromatic carbocycles. The third-order valence-corrected chi connectivity index (χ3v) is 2.91. The zero-order valence-corrected chi connectivity index (χ0v) is 9.84. The predicted octanol–water partition coefficient (Wildman–Crippen LogP) is 1.47. The highest BCUT2D eigenvalue weighted by atomic mass is 16.5. The third-order valence-electron chi connectivity index (χ3n) is 2.91. The van der Waals surface area contributed by atoms with E-state index in [-0.39, 0.29) is 6.10 Å². The van der Waals surface area contributed by atoms with E-state index >= 15 is 0 Å². The summed E-state index contributed by atoms with van der Waals surface area (Å²) < 4.78 is 5.82. The van der Waals surface area contributed by atoms with Crippen LogP contribution in [0.25, 0.3) is 0 Å². The van der Waals surface area contributed by atoms with Crippen molar-refractivity contribution in [1.29, 1.82) is 0 Å². The normalized spacial score (nSPS) is 17.0. The number of para-hydroxylation sites is 1. The number of nitrogens with two attached hydrogens (primary N) is 1. The number of hydrogen-bond donors (Lipinski definition) is 2. The summed E-state index contributed by atoms with van der Waals surface area (Å²) in [5, 5.41) is 10.9. The van der Waals surface area contributed by atoms with Gasteiger partial charge in [-0.05, 0) is 23.8 Å². The number of hydrogen-bond acceptors (Lipinski definition) is 5. The molecule has 0 fully saturated rings. The summed E-state index contributed by atoms with van der Waals surface area (Å²) in [5.41, 5.74) is 6.73. The van der Waals surface area contributed by atoms with Gasteiger partial charge in [0.2, 0.25) is 0 Å². The molecule has 0 saturated carbocycles. The molecule has 1 aliphatic heterocycles. The summed E-state index contributed by atoms with van der Waals surface area (Å²) in [4.78, 5) is 0. The highest BCUT2D eigenvalue weighted by Gasteiger charge is 2.21. The van der Waals surface area contributed by atoms with Crippen molar-refractivity contribution in [2.45, 2.75) is 12.5 Å². The molecular weight excluding hydrogens is 228 g/mol. The smallest absolute Gasteiger partial charge is 0.148 e. The maximum absolute atomic E-state index is 5.82. The van der Waals surface area contributed by atoms with Gasteiger partial charge in [0.25, 0.3) is 0 Å². The highest BCUT2D eigenvalue weighted by molar-refractivity contribution is 5.40. The molecule has 0 saturated heterocycles. The van der Waals surface area contributed by atoms with Crippen molar-refractivity contribution < 1.29 is 4.74 Å². The number of nitrogens with zero attached hydrogens (tertiary/aromatic N) is 2. The van der Waals surface area contributed by atoms with E-state index in [1.807, 2.05) is 24.3 Å². The van der Waals surface area contributed by atoms with Crippen LogP contribution in [0.1, 0.15) is 5.56 Å². The van der Waals surface area contributed by atoms with Crippen LogP contribution in [0.2, 0.25) is 0 Å². The Balaban J connectivity index is 1.58. The minimum Gasteiger partial charge on any atom is -0.488 e. The highest BCUT2D eigenvalue weighted by Crippen LogP contribution is 2.28. The quantitative estimate of drug-likeness (QED) is 0.852. The van der Waals surface area contributed by atoms with Crippen LogP contribution >= 0.6 is 0 Å². The molecule has 2 aromatic rings. The molecule has 5 heteroatoms. The molecule has 0 radical (unpaired) electrons. The van der Waals surface area contributed by atoms with Crippen LogP contribution in [0.15, 0.2) is 36.4 Å². The topological polar surface area (TPSA) is 73.1 Å². The van der Waals surface area contributed by atoms with Gasteiger partial charge >= 0.3 is 0 Å². The predicted molar refractivity (Wildman–Crippen MR) is 69.5 cm³/mol. The lowest BCUT2D eigenvalue weighted by Gasteiger charge is -2.11. The fourth-order valence-electron chi connectivity index (χ4n) is 2.02. The largest absolute Gasteiger partial charge is 0.488 e. The van der Waals surface area contributed by atoms with Gasteiger partial charge in [-0.15, -0.1) is 10.2 Å². The summed E-state index contributed by atoms with van der Waals surface area (Å²) in [6, 6.07) is 11.6. The Kier molecular flexibility index (Phi) is 2.72. The molecule has 0 spiro atoms. The second-order valence-corrected chi connectivity index (χ2v) is 4.28. The first-order chi connectivity index (χ1) is 8.81. The minimum absolute atomic E-state index is 0.141. The molecule has 3 N–H and O–H groups in total. The lowest BCUT2D eigenvalue weighted by molar-refractivity contribution is 0.246. The summed E-state index contributed by atoms with van der Waals surface area (Å²) in [6.45, 7) is 0.702. The van der Waals surface area contributed by atoms with E-state index in [1.165, 1.54) is 5.56 Å². The van der Waals surface area contributed by atoms with Crippen molar-refractivity contribution in [3.63, 3.8) is 0 Å². The van der Waals surface area contributed by atoms with Gasteiger partial charge in [0.15, 0.2) is 0 Å². The first kappa shape index (κ1) is 10.8. The number of rotatable bonds is 3. The number of anilines is 2. The summed E-state index contributed by atoms with van der Waals surface area (Å²) in [7, 11) is 0. The van der Waals surface area contributed by atoms with Gasteiger partial charge < -0.3 is 15.8 Å². The first-order valence-electron chi connectivity index (χ1n) is 5.89. The van der Waals surface area contributed by atoms with Gasteiger partial charge in [0, 0.05) is 6.42 Å². The fraction of sp³-hybridized carbons (Fsp3) is 0.231. The molecule has 2 heterocycles. The Morgan fingerprint density at radius 2 is 2.11 bits per heavy atom. The fourth-order valence-corrected chi connectivity index (χ4v) is 2.02. The Bertz CT molecular complexity index is 516. The van der Waals surface area contributed by atoms with Crippen molar-refractivity contribution in [3.8, 4) is 5.75 Å². The molecule has 0 aliphatic carbocycles. The van der Waals surface area contributed by atoms with E-state index in [1.54, 1.807) is 6.07 Å². The van der Waals surface area contributed by atoms with E-state index in [9.17, 15) is 0 Å². The number of benzene rings is 1. The maximum Gasteiger partial charge on any atom is 0.148 e. The number of ether oxygens (including phenoxy) is 1. The molecule has 1 unspecified atom stereocenters. The van der Waals surface area contributed by atoms with Crippen LogP contribution in [0, 0.1) is 0 Å². The second kappa shape index (κ2) is 4.52. The molecule has 18 heavy (non-hydrogen) atoms. The number of nitrogen functional groups attached to an aromatic ring is 1. The summed E-state index contributed by atoms with van der Waals surface area (Å²) >= 11 is 0. The lowest BCUT2D eigenvalue weighted by atomic mass is 10.1. The van der Waals surface area contributed by atoms with Gasteiger partial charge in [0.1, 0.15) is 23.5 Å². The second-order valence-electron chi connectivity index (χ2n) is 4.28. The third kappa shape index (κ3) is 2.20. The average molecular weight is 242 g/mol. The van der Waals surface area contributed by atoms with Crippen molar-refractivity contribution in [2.24, 2.45) is 0 Å². The van der Waals surface area contributed by atoms with Crippen molar-refractivity contribution >= 4 is 11.6 Å². The number of aromatic nitrogens is 2. The molecule has 1 atom stereocenters. The van der Waals surface area contributed by atoms with E-state index < -0.39 is 0 Å². The molecule has 5 nitrogen and oxygen atoms in total. The van der Waals surface area contributed by atoms with Crippen LogP contribution in [0.3, 0.4) is 0 Å². The summed E-state index contributed by atoms with van der Waals surface area (Å²) in [6.07, 6.45) is 1.06. The molecule has 1 aromatic heterocycles. The minimum atomic E-state index is 0.141. The van der Waals surface area contributed by atoms with Gasteiger partial charge in [-0.3, -0.25) is 0 Å². The monoisotopic (exact) mass is 242 g/mol. The number of nitrogens with one attached hydrogen (secondary N) is 1. The Hall–Kier alpha value is -2.30. The Morgan fingerprint density at radius 3 is 2.89 bits per heavy atom. The SMILES string of the molecule is Nc1ccc(NCC2Cc3ccccc3O2)nn1. The van der Waals surface area contributed by atoms with Gasteiger partial charge in [-0.2, -0.15) is 0 Å². The van der Waals surface area contributed by atoms with Crippen LogP contribution in [0.5, 0.6) is 5.75 Å². The van der Waals surface area contributed by atoms with Gasteiger partial charge in [-0.25, -0.2) is 0 Å². The number of fused-ring (bicyclic) bond motifs is 1. The van der Waals surface area contributed by atoms with Crippen molar-refractivity contribution in [3.05, 3.63) is 42.0 Å². The Morgan fingerprint density at radius 1 is 1.22 bits per heavy atom. The molecule has 92 valence electrons. The average Bonchev–Trinajstić information content (AvgIpc) is 2.81. The molecule has 0 bridgehead atoms. The van der Waals surface area contributed by atoms with E-state index in [2.05, 4.69) is 21.6 Å². The zero-order chi connectivity index (χ0) is 12.4. The van der Waals surface area contributed by atoms with Crippen LogP contribution in [-0.4, -0.2) is 22.8 Å². The van der Waals surface area contributed by atoms with Crippen molar-refractivity contribution in [2.75, 3.05) is 17.6 Å². The van der Waals surface area contributed by atoms with Crippen LogP contribution in [0.4, 0.5) is 11.6 Å².